The normalized spacial score (nSPS) is 11.1. The van der Waals surface area contributed by atoms with Crippen molar-refractivity contribution in [3.8, 4) is 0 Å². The molecule has 1 heterocycles. The Kier molecular flexibility index (Phi) is 2.45. The summed E-state index contributed by atoms with van der Waals surface area (Å²) in [6.07, 6.45) is 1.91. The maximum Gasteiger partial charge on any atom is 0.0720 e. The van der Waals surface area contributed by atoms with E-state index in [9.17, 15) is 0 Å². The average Bonchev–Trinajstić information content (AvgIpc) is 2.33. The number of rotatable bonds is 0. The minimum atomic E-state index is 1.01. The lowest BCUT2D eigenvalue weighted by molar-refractivity contribution is 1.43. The quantitative estimate of drug-likeness (QED) is 0.531. The molecular weight excluding hydrogens is 330 g/mol. The Balaban J connectivity index is 2.63. The number of fused-ring (bicyclic) bond motifs is 3. The Morgan fingerprint density at radius 2 is 1.75 bits per heavy atom. The third-order valence-electron chi connectivity index (χ3n) is 2.65. The number of benzene rings is 2. The van der Waals surface area contributed by atoms with Crippen LogP contribution in [0.2, 0.25) is 0 Å². The van der Waals surface area contributed by atoms with Crippen molar-refractivity contribution >= 4 is 53.5 Å². The van der Waals surface area contributed by atoms with Crippen molar-refractivity contribution in [1.82, 2.24) is 4.98 Å². The van der Waals surface area contributed by atoms with E-state index in [1.54, 1.807) is 0 Å². The van der Waals surface area contributed by atoms with Gasteiger partial charge in [0, 0.05) is 25.9 Å². The Bertz CT molecular complexity index is 692. The summed E-state index contributed by atoms with van der Waals surface area (Å²) < 4.78 is 2.12. The third-order valence-corrected chi connectivity index (χ3v) is 4.66. The van der Waals surface area contributed by atoms with Crippen LogP contribution in [-0.2, 0) is 0 Å². The van der Waals surface area contributed by atoms with Gasteiger partial charge in [-0.1, -0.05) is 24.3 Å². The second-order valence-electron chi connectivity index (χ2n) is 3.60. The summed E-state index contributed by atoms with van der Waals surface area (Å²) in [7, 11) is 0. The van der Waals surface area contributed by atoms with Gasteiger partial charge in [0.25, 0.3) is 0 Å². The molecule has 16 heavy (non-hydrogen) atoms. The van der Waals surface area contributed by atoms with E-state index in [2.05, 4.69) is 55.0 Å². The summed E-state index contributed by atoms with van der Waals surface area (Å²) in [4.78, 5) is 4.46. The zero-order valence-corrected chi connectivity index (χ0v) is 11.4. The topological polar surface area (TPSA) is 12.9 Å². The molecule has 2 aromatic carbocycles. The molecule has 0 bridgehead atoms. The minimum absolute atomic E-state index is 1.01. The minimum Gasteiger partial charge on any atom is -0.256 e. The Morgan fingerprint density at radius 3 is 2.62 bits per heavy atom. The molecule has 3 aromatic rings. The van der Waals surface area contributed by atoms with E-state index < -0.39 is 0 Å². The first kappa shape index (κ1) is 10.2. The molecule has 3 rings (SSSR count). The molecule has 0 radical (unpaired) electrons. The summed E-state index contributed by atoms with van der Waals surface area (Å²) >= 11 is 7.14. The van der Waals surface area contributed by atoms with E-state index >= 15 is 0 Å². The zero-order chi connectivity index (χ0) is 11.1. The van der Waals surface area contributed by atoms with Gasteiger partial charge in [0.2, 0.25) is 0 Å². The largest absolute Gasteiger partial charge is 0.256 e. The monoisotopic (exact) mass is 335 g/mol. The molecule has 0 saturated heterocycles. The molecule has 3 heteroatoms. The molecule has 1 nitrogen and oxygen atoms in total. The van der Waals surface area contributed by atoms with Gasteiger partial charge in [0.05, 0.1) is 5.52 Å². The van der Waals surface area contributed by atoms with Crippen LogP contribution in [0.15, 0.2) is 51.5 Å². The van der Waals surface area contributed by atoms with Crippen LogP contribution >= 0.6 is 31.9 Å². The Labute approximate surface area is 110 Å². The molecule has 0 aliphatic heterocycles. The molecule has 78 valence electrons. The Morgan fingerprint density at radius 1 is 0.938 bits per heavy atom. The fourth-order valence-corrected chi connectivity index (χ4v) is 2.76. The molecule has 1 aromatic heterocycles. The van der Waals surface area contributed by atoms with E-state index in [-0.39, 0.29) is 0 Å². The van der Waals surface area contributed by atoms with Crippen molar-refractivity contribution in [2.75, 3.05) is 0 Å². The molecule has 0 N–H and O–H groups in total. The van der Waals surface area contributed by atoms with Gasteiger partial charge in [-0.3, -0.25) is 4.98 Å². The first-order valence-electron chi connectivity index (χ1n) is 4.89. The number of nitrogens with zero attached hydrogens (tertiary/aromatic N) is 1. The van der Waals surface area contributed by atoms with E-state index in [0.717, 1.165) is 25.2 Å². The standard InChI is InChI=1S/C13H7Br2N/c14-10-5-6-11-12(13(10)15)9-4-2-1-3-8(9)7-16-11/h1-7H. The average molecular weight is 337 g/mol. The van der Waals surface area contributed by atoms with Crippen molar-refractivity contribution in [2.24, 2.45) is 0 Å². The molecule has 0 aliphatic rings. The molecule has 0 atom stereocenters. The van der Waals surface area contributed by atoms with Crippen molar-refractivity contribution in [3.05, 3.63) is 51.5 Å². The summed E-state index contributed by atoms with van der Waals surface area (Å²) in [6.45, 7) is 0. The van der Waals surface area contributed by atoms with Crippen LogP contribution in [0.3, 0.4) is 0 Å². The van der Waals surface area contributed by atoms with Crippen LogP contribution in [0.4, 0.5) is 0 Å². The predicted molar refractivity (Wildman–Crippen MR) is 74.6 cm³/mol. The fourth-order valence-electron chi connectivity index (χ4n) is 1.88. The highest BCUT2D eigenvalue weighted by atomic mass is 79.9. The van der Waals surface area contributed by atoms with Gasteiger partial charge >= 0.3 is 0 Å². The highest BCUT2D eigenvalue weighted by molar-refractivity contribution is 9.13. The van der Waals surface area contributed by atoms with E-state index in [1.165, 1.54) is 5.39 Å². The predicted octanol–water partition coefficient (Wildman–Crippen LogP) is 4.91. The number of hydrogen-bond acceptors (Lipinski definition) is 1. The highest BCUT2D eigenvalue weighted by Crippen LogP contribution is 2.34. The summed E-state index contributed by atoms with van der Waals surface area (Å²) in [6, 6.07) is 12.3. The van der Waals surface area contributed by atoms with Gasteiger partial charge < -0.3 is 0 Å². The van der Waals surface area contributed by atoms with Crippen LogP contribution in [0, 0.1) is 0 Å². The smallest absolute Gasteiger partial charge is 0.0720 e. The molecule has 0 amide bonds. The van der Waals surface area contributed by atoms with Crippen molar-refractivity contribution in [2.45, 2.75) is 0 Å². The maximum absolute atomic E-state index is 4.46. The molecule has 0 fully saturated rings. The van der Waals surface area contributed by atoms with Gasteiger partial charge in [-0.25, -0.2) is 0 Å². The van der Waals surface area contributed by atoms with Gasteiger partial charge in [-0.15, -0.1) is 0 Å². The second-order valence-corrected chi connectivity index (χ2v) is 5.25. The fraction of sp³-hybridized carbons (Fsp3) is 0. The molecular formula is C13H7Br2N. The third kappa shape index (κ3) is 1.46. The number of aromatic nitrogens is 1. The van der Waals surface area contributed by atoms with E-state index in [4.69, 9.17) is 0 Å². The Hall–Kier alpha value is -0.930. The van der Waals surface area contributed by atoms with Gasteiger partial charge in [0.15, 0.2) is 0 Å². The van der Waals surface area contributed by atoms with Crippen LogP contribution in [-0.4, -0.2) is 4.98 Å². The lowest BCUT2D eigenvalue weighted by atomic mass is 10.1. The SMILES string of the molecule is Brc1ccc2ncc3ccccc3c2c1Br. The maximum atomic E-state index is 4.46. The number of hydrogen-bond donors (Lipinski definition) is 0. The van der Waals surface area contributed by atoms with Crippen molar-refractivity contribution in [3.63, 3.8) is 0 Å². The van der Waals surface area contributed by atoms with Crippen molar-refractivity contribution < 1.29 is 0 Å². The van der Waals surface area contributed by atoms with Crippen LogP contribution in [0.5, 0.6) is 0 Å². The second kappa shape index (κ2) is 3.82. The lowest BCUT2D eigenvalue weighted by Crippen LogP contribution is -1.83. The lowest BCUT2D eigenvalue weighted by Gasteiger charge is -2.06. The van der Waals surface area contributed by atoms with Gasteiger partial charge in [-0.2, -0.15) is 0 Å². The summed E-state index contributed by atoms with van der Waals surface area (Å²) in [5, 5.41) is 3.54. The first-order valence-corrected chi connectivity index (χ1v) is 6.47. The zero-order valence-electron chi connectivity index (χ0n) is 8.24. The van der Waals surface area contributed by atoms with E-state index in [0.29, 0.717) is 0 Å². The highest BCUT2D eigenvalue weighted by Gasteiger charge is 2.07. The molecule has 0 saturated carbocycles. The van der Waals surface area contributed by atoms with Gasteiger partial charge in [0.1, 0.15) is 0 Å². The summed E-state index contributed by atoms with van der Waals surface area (Å²) in [5.41, 5.74) is 1.01. The van der Waals surface area contributed by atoms with Crippen LogP contribution < -0.4 is 0 Å². The number of pyridine rings is 1. The van der Waals surface area contributed by atoms with Crippen LogP contribution in [0.25, 0.3) is 21.7 Å². The molecule has 0 spiro atoms. The molecule has 0 aliphatic carbocycles. The van der Waals surface area contributed by atoms with Crippen molar-refractivity contribution in [1.29, 1.82) is 0 Å². The van der Waals surface area contributed by atoms with Gasteiger partial charge in [-0.05, 0) is 49.4 Å². The summed E-state index contributed by atoms with van der Waals surface area (Å²) in [5.74, 6) is 0. The first-order chi connectivity index (χ1) is 7.77. The number of halogens is 2. The van der Waals surface area contributed by atoms with E-state index in [1.807, 2.05) is 24.4 Å². The molecule has 0 unspecified atom stereocenters. The van der Waals surface area contributed by atoms with Crippen LogP contribution in [0.1, 0.15) is 0 Å².